The SMILES string of the molecule is COCCN(CC(O)c1ccccc1OC)C1CC1. The molecule has 19 heavy (non-hydrogen) atoms. The van der Waals surface area contributed by atoms with Crippen molar-refractivity contribution >= 4 is 0 Å². The van der Waals surface area contributed by atoms with Crippen molar-refractivity contribution in [3.63, 3.8) is 0 Å². The van der Waals surface area contributed by atoms with E-state index in [-0.39, 0.29) is 0 Å². The quantitative estimate of drug-likeness (QED) is 0.779. The van der Waals surface area contributed by atoms with Crippen molar-refractivity contribution in [2.75, 3.05) is 33.9 Å². The van der Waals surface area contributed by atoms with Gasteiger partial charge in [-0.3, -0.25) is 4.90 Å². The molecule has 1 N–H and O–H groups in total. The highest BCUT2D eigenvalue weighted by atomic mass is 16.5. The van der Waals surface area contributed by atoms with E-state index in [1.165, 1.54) is 12.8 Å². The fraction of sp³-hybridized carbons (Fsp3) is 0.600. The molecule has 2 rings (SSSR count). The van der Waals surface area contributed by atoms with Gasteiger partial charge in [0.1, 0.15) is 5.75 Å². The van der Waals surface area contributed by atoms with Crippen LogP contribution in [0.3, 0.4) is 0 Å². The molecule has 1 unspecified atom stereocenters. The fourth-order valence-electron chi connectivity index (χ4n) is 2.33. The van der Waals surface area contributed by atoms with Gasteiger partial charge in [-0.05, 0) is 18.9 Å². The summed E-state index contributed by atoms with van der Waals surface area (Å²) in [6.07, 6.45) is 1.93. The number of hydrogen-bond donors (Lipinski definition) is 1. The summed E-state index contributed by atoms with van der Waals surface area (Å²) >= 11 is 0. The second-order valence-corrected chi connectivity index (χ2v) is 4.98. The number of ether oxygens (including phenoxy) is 2. The molecule has 4 heteroatoms. The Hall–Kier alpha value is -1.10. The molecule has 0 bridgehead atoms. The summed E-state index contributed by atoms with van der Waals surface area (Å²) in [5.74, 6) is 0.748. The molecule has 106 valence electrons. The van der Waals surface area contributed by atoms with Gasteiger partial charge in [0.15, 0.2) is 0 Å². The number of hydrogen-bond acceptors (Lipinski definition) is 4. The van der Waals surface area contributed by atoms with Gasteiger partial charge in [0, 0.05) is 31.8 Å². The Bertz CT molecular complexity index is 393. The van der Waals surface area contributed by atoms with Crippen LogP contribution in [0.1, 0.15) is 24.5 Å². The molecule has 0 heterocycles. The van der Waals surface area contributed by atoms with Crippen molar-refractivity contribution in [3.8, 4) is 5.75 Å². The number of aliphatic hydroxyl groups excluding tert-OH is 1. The molecule has 1 aromatic carbocycles. The number of benzene rings is 1. The minimum absolute atomic E-state index is 0.520. The average molecular weight is 265 g/mol. The largest absolute Gasteiger partial charge is 0.496 e. The summed E-state index contributed by atoms with van der Waals surface area (Å²) in [6, 6.07) is 8.26. The van der Waals surface area contributed by atoms with Crippen molar-refractivity contribution in [2.45, 2.75) is 25.0 Å². The minimum Gasteiger partial charge on any atom is -0.496 e. The molecule has 1 aliphatic rings. The molecule has 4 nitrogen and oxygen atoms in total. The van der Waals surface area contributed by atoms with Gasteiger partial charge in [0.2, 0.25) is 0 Å². The maximum Gasteiger partial charge on any atom is 0.124 e. The van der Waals surface area contributed by atoms with Gasteiger partial charge in [0.25, 0.3) is 0 Å². The third-order valence-corrected chi connectivity index (χ3v) is 3.55. The number of nitrogens with zero attached hydrogens (tertiary/aromatic N) is 1. The zero-order valence-corrected chi connectivity index (χ0v) is 11.7. The topological polar surface area (TPSA) is 41.9 Å². The van der Waals surface area contributed by atoms with Crippen molar-refractivity contribution in [2.24, 2.45) is 0 Å². The summed E-state index contributed by atoms with van der Waals surface area (Å²) in [7, 11) is 3.34. The van der Waals surface area contributed by atoms with Crippen LogP contribution >= 0.6 is 0 Å². The van der Waals surface area contributed by atoms with E-state index in [1.807, 2.05) is 24.3 Å². The van der Waals surface area contributed by atoms with E-state index in [2.05, 4.69) is 4.90 Å². The number of rotatable bonds is 8. The Morgan fingerprint density at radius 3 is 2.68 bits per heavy atom. The highest BCUT2D eigenvalue weighted by Crippen LogP contribution is 2.30. The zero-order valence-electron chi connectivity index (χ0n) is 11.7. The van der Waals surface area contributed by atoms with E-state index in [1.54, 1.807) is 14.2 Å². The standard InChI is InChI=1S/C15H23NO3/c1-18-10-9-16(12-7-8-12)11-14(17)13-5-3-4-6-15(13)19-2/h3-6,12,14,17H,7-11H2,1-2H3. The van der Waals surface area contributed by atoms with Crippen LogP contribution < -0.4 is 4.74 Å². The lowest BCUT2D eigenvalue weighted by atomic mass is 10.1. The lowest BCUT2D eigenvalue weighted by molar-refractivity contribution is 0.0832. The van der Waals surface area contributed by atoms with Crippen LogP contribution in [0, 0.1) is 0 Å². The Kier molecular flexibility index (Phi) is 5.19. The first-order valence-electron chi connectivity index (χ1n) is 6.80. The summed E-state index contributed by atoms with van der Waals surface area (Å²) in [4.78, 5) is 2.31. The monoisotopic (exact) mass is 265 g/mol. The Balaban J connectivity index is 1.99. The molecule has 1 fully saturated rings. The lowest BCUT2D eigenvalue weighted by Gasteiger charge is -2.25. The van der Waals surface area contributed by atoms with E-state index in [0.717, 1.165) is 17.9 Å². The van der Waals surface area contributed by atoms with Crippen LogP contribution in [0.5, 0.6) is 5.75 Å². The second-order valence-electron chi connectivity index (χ2n) is 4.98. The van der Waals surface area contributed by atoms with Crippen LogP contribution in [-0.4, -0.2) is 50.0 Å². The molecule has 1 aromatic rings. The lowest BCUT2D eigenvalue weighted by Crippen LogP contribution is -2.33. The van der Waals surface area contributed by atoms with Crippen LogP contribution in [-0.2, 0) is 4.74 Å². The molecule has 0 spiro atoms. The van der Waals surface area contributed by atoms with E-state index in [0.29, 0.717) is 19.2 Å². The van der Waals surface area contributed by atoms with Crippen molar-refractivity contribution in [3.05, 3.63) is 29.8 Å². The van der Waals surface area contributed by atoms with E-state index in [4.69, 9.17) is 9.47 Å². The van der Waals surface area contributed by atoms with Gasteiger partial charge in [-0.2, -0.15) is 0 Å². The number of methoxy groups -OCH3 is 2. The van der Waals surface area contributed by atoms with E-state index in [9.17, 15) is 5.11 Å². The smallest absolute Gasteiger partial charge is 0.124 e. The van der Waals surface area contributed by atoms with Crippen LogP contribution in [0.15, 0.2) is 24.3 Å². The average Bonchev–Trinajstić information content (AvgIpc) is 3.27. The molecule has 0 amide bonds. The molecule has 1 aliphatic carbocycles. The molecular weight excluding hydrogens is 242 g/mol. The minimum atomic E-state index is -0.520. The van der Waals surface area contributed by atoms with Crippen LogP contribution in [0.2, 0.25) is 0 Å². The maximum atomic E-state index is 10.4. The molecular formula is C15H23NO3. The van der Waals surface area contributed by atoms with Gasteiger partial charge in [-0.15, -0.1) is 0 Å². The fourth-order valence-corrected chi connectivity index (χ4v) is 2.33. The first kappa shape index (κ1) is 14.3. The second kappa shape index (κ2) is 6.89. The van der Waals surface area contributed by atoms with Crippen molar-refractivity contribution < 1.29 is 14.6 Å². The van der Waals surface area contributed by atoms with Crippen LogP contribution in [0.4, 0.5) is 0 Å². The van der Waals surface area contributed by atoms with Crippen molar-refractivity contribution in [1.29, 1.82) is 0 Å². The van der Waals surface area contributed by atoms with Gasteiger partial charge in [0.05, 0.1) is 19.8 Å². The number of aliphatic hydroxyl groups is 1. The molecule has 1 saturated carbocycles. The predicted molar refractivity (Wildman–Crippen MR) is 74.4 cm³/mol. The van der Waals surface area contributed by atoms with E-state index < -0.39 is 6.10 Å². The third kappa shape index (κ3) is 3.93. The van der Waals surface area contributed by atoms with Gasteiger partial charge in [-0.25, -0.2) is 0 Å². The molecule has 0 aromatic heterocycles. The first-order chi connectivity index (χ1) is 9.26. The molecule has 0 aliphatic heterocycles. The Labute approximate surface area is 114 Å². The zero-order chi connectivity index (χ0) is 13.7. The molecule has 1 atom stereocenters. The molecule has 0 saturated heterocycles. The highest BCUT2D eigenvalue weighted by molar-refractivity contribution is 5.35. The van der Waals surface area contributed by atoms with E-state index >= 15 is 0 Å². The number of para-hydroxylation sites is 1. The normalized spacial score (nSPS) is 16.6. The third-order valence-electron chi connectivity index (χ3n) is 3.55. The predicted octanol–water partition coefficient (Wildman–Crippen LogP) is 1.84. The van der Waals surface area contributed by atoms with Crippen LogP contribution in [0.25, 0.3) is 0 Å². The summed E-state index contributed by atoms with van der Waals surface area (Å²) in [5, 5.41) is 10.4. The Morgan fingerprint density at radius 2 is 2.05 bits per heavy atom. The summed E-state index contributed by atoms with van der Waals surface area (Å²) < 4.78 is 10.4. The first-order valence-corrected chi connectivity index (χ1v) is 6.80. The van der Waals surface area contributed by atoms with Gasteiger partial charge in [-0.1, -0.05) is 18.2 Å². The van der Waals surface area contributed by atoms with Gasteiger partial charge >= 0.3 is 0 Å². The summed E-state index contributed by atoms with van der Waals surface area (Å²) in [5.41, 5.74) is 0.855. The summed E-state index contributed by atoms with van der Waals surface area (Å²) in [6.45, 7) is 2.21. The highest BCUT2D eigenvalue weighted by Gasteiger charge is 2.30. The maximum absolute atomic E-state index is 10.4. The van der Waals surface area contributed by atoms with Crippen molar-refractivity contribution in [1.82, 2.24) is 4.90 Å². The molecule has 0 radical (unpaired) electrons. The van der Waals surface area contributed by atoms with Gasteiger partial charge < -0.3 is 14.6 Å². The Morgan fingerprint density at radius 1 is 1.32 bits per heavy atom.